The zero-order valence-corrected chi connectivity index (χ0v) is 12.7. The number of aliphatic hydroxyl groups excluding tert-OH is 1. The molecule has 21 heavy (non-hydrogen) atoms. The predicted molar refractivity (Wildman–Crippen MR) is 82.2 cm³/mol. The van der Waals surface area contributed by atoms with Gasteiger partial charge in [-0.05, 0) is 35.6 Å². The molecule has 0 atom stereocenters. The lowest BCUT2D eigenvalue weighted by atomic mass is 9.82. The number of ether oxygens (including phenoxy) is 1. The Labute approximate surface area is 125 Å². The van der Waals surface area contributed by atoms with Crippen molar-refractivity contribution in [2.45, 2.75) is 39.2 Å². The van der Waals surface area contributed by atoms with E-state index < -0.39 is 5.82 Å². The van der Waals surface area contributed by atoms with E-state index in [-0.39, 0.29) is 17.8 Å². The molecule has 0 aliphatic heterocycles. The van der Waals surface area contributed by atoms with E-state index in [4.69, 9.17) is 4.74 Å². The molecule has 0 spiro atoms. The van der Waals surface area contributed by atoms with Crippen LogP contribution in [-0.4, -0.2) is 5.11 Å². The van der Waals surface area contributed by atoms with E-state index in [9.17, 15) is 9.50 Å². The first-order valence-electron chi connectivity index (χ1n) is 7.14. The highest BCUT2D eigenvalue weighted by Gasteiger charge is 2.18. The first-order valence-corrected chi connectivity index (χ1v) is 7.14. The minimum atomic E-state index is -0.473. The van der Waals surface area contributed by atoms with Crippen molar-refractivity contribution < 1.29 is 14.2 Å². The summed E-state index contributed by atoms with van der Waals surface area (Å²) in [4.78, 5) is 0. The van der Waals surface area contributed by atoms with Crippen LogP contribution in [0.25, 0.3) is 0 Å². The van der Waals surface area contributed by atoms with Crippen molar-refractivity contribution in [2.24, 2.45) is 0 Å². The summed E-state index contributed by atoms with van der Waals surface area (Å²) in [7, 11) is 0. The molecule has 0 heterocycles. The maximum Gasteiger partial charge on any atom is 0.168 e. The zero-order chi connectivity index (χ0) is 15.5. The van der Waals surface area contributed by atoms with Gasteiger partial charge in [-0.3, -0.25) is 0 Å². The highest BCUT2D eigenvalue weighted by atomic mass is 19.1. The summed E-state index contributed by atoms with van der Waals surface area (Å²) in [5.41, 5.74) is 1.76. The quantitative estimate of drug-likeness (QED) is 0.856. The molecule has 2 nitrogen and oxygen atoms in total. The minimum Gasteiger partial charge on any atom is -0.454 e. The van der Waals surface area contributed by atoms with Gasteiger partial charge in [-0.1, -0.05) is 45.0 Å². The van der Waals surface area contributed by atoms with Crippen LogP contribution in [-0.2, 0) is 12.0 Å². The topological polar surface area (TPSA) is 29.5 Å². The number of para-hydroxylation sites is 1. The average Bonchev–Trinajstić information content (AvgIpc) is 2.50. The Morgan fingerprint density at radius 2 is 1.76 bits per heavy atom. The van der Waals surface area contributed by atoms with Crippen molar-refractivity contribution >= 4 is 0 Å². The van der Waals surface area contributed by atoms with E-state index in [1.807, 2.05) is 24.3 Å². The van der Waals surface area contributed by atoms with Gasteiger partial charge in [0.05, 0.1) is 6.61 Å². The Kier molecular flexibility index (Phi) is 4.63. The third-order valence-corrected chi connectivity index (χ3v) is 3.96. The molecule has 0 aromatic heterocycles. The van der Waals surface area contributed by atoms with Crippen LogP contribution in [0.5, 0.6) is 11.5 Å². The van der Waals surface area contributed by atoms with Crippen LogP contribution in [0.4, 0.5) is 4.39 Å². The lowest BCUT2D eigenvalue weighted by Crippen LogP contribution is -2.14. The molecular formula is C18H21FO2. The SMILES string of the molecule is CCC(C)(C)c1ccc(Oc2c(F)cccc2CO)cc1. The van der Waals surface area contributed by atoms with Crippen LogP contribution in [0.3, 0.4) is 0 Å². The van der Waals surface area contributed by atoms with Crippen LogP contribution in [0, 0.1) is 5.82 Å². The van der Waals surface area contributed by atoms with Crippen molar-refractivity contribution in [1.29, 1.82) is 0 Å². The van der Waals surface area contributed by atoms with E-state index >= 15 is 0 Å². The number of rotatable bonds is 5. The molecule has 0 saturated heterocycles. The summed E-state index contributed by atoms with van der Waals surface area (Å²) in [6, 6.07) is 12.2. The van der Waals surface area contributed by atoms with Gasteiger partial charge in [-0.25, -0.2) is 4.39 Å². The van der Waals surface area contributed by atoms with Crippen molar-refractivity contribution in [1.82, 2.24) is 0 Å². The van der Waals surface area contributed by atoms with E-state index in [1.54, 1.807) is 12.1 Å². The fourth-order valence-corrected chi connectivity index (χ4v) is 2.09. The number of aliphatic hydroxyl groups is 1. The third-order valence-electron chi connectivity index (χ3n) is 3.96. The Balaban J connectivity index is 2.26. The maximum atomic E-state index is 13.8. The van der Waals surface area contributed by atoms with E-state index in [1.165, 1.54) is 11.6 Å². The molecule has 0 amide bonds. The van der Waals surface area contributed by atoms with Gasteiger partial charge >= 0.3 is 0 Å². The summed E-state index contributed by atoms with van der Waals surface area (Å²) < 4.78 is 19.4. The largest absolute Gasteiger partial charge is 0.454 e. The van der Waals surface area contributed by atoms with Gasteiger partial charge < -0.3 is 9.84 Å². The fourth-order valence-electron chi connectivity index (χ4n) is 2.09. The number of hydrogen-bond acceptors (Lipinski definition) is 2. The molecule has 2 aromatic carbocycles. The molecule has 0 fully saturated rings. The van der Waals surface area contributed by atoms with Crippen LogP contribution < -0.4 is 4.74 Å². The second kappa shape index (κ2) is 6.27. The second-order valence-corrected chi connectivity index (χ2v) is 5.75. The summed E-state index contributed by atoms with van der Waals surface area (Å²) >= 11 is 0. The number of hydrogen-bond donors (Lipinski definition) is 1. The first-order chi connectivity index (χ1) is 9.97. The van der Waals surface area contributed by atoms with Crippen LogP contribution in [0.2, 0.25) is 0 Å². The standard InChI is InChI=1S/C18H21FO2/c1-4-18(2,3)14-8-10-15(11-9-14)21-17-13(12-20)6-5-7-16(17)19/h5-11,20H,4,12H2,1-3H3. The molecule has 1 N–H and O–H groups in total. The second-order valence-electron chi connectivity index (χ2n) is 5.75. The van der Waals surface area contributed by atoms with Crippen LogP contribution in [0.15, 0.2) is 42.5 Å². The highest BCUT2D eigenvalue weighted by molar-refractivity contribution is 5.40. The zero-order valence-electron chi connectivity index (χ0n) is 12.7. The van der Waals surface area contributed by atoms with E-state index in [0.29, 0.717) is 11.3 Å². The molecule has 0 unspecified atom stereocenters. The van der Waals surface area contributed by atoms with Gasteiger partial charge in [0, 0.05) is 5.56 Å². The van der Waals surface area contributed by atoms with Gasteiger partial charge in [0.2, 0.25) is 0 Å². The predicted octanol–water partition coefficient (Wildman–Crippen LogP) is 4.80. The summed E-state index contributed by atoms with van der Waals surface area (Å²) in [5.74, 6) is 0.174. The van der Waals surface area contributed by atoms with Gasteiger partial charge in [-0.15, -0.1) is 0 Å². The first kappa shape index (κ1) is 15.5. The van der Waals surface area contributed by atoms with Crippen molar-refractivity contribution in [3.8, 4) is 11.5 Å². The van der Waals surface area contributed by atoms with Crippen molar-refractivity contribution in [3.05, 3.63) is 59.4 Å². The molecule has 0 radical (unpaired) electrons. The van der Waals surface area contributed by atoms with E-state index in [2.05, 4.69) is 20.8 Å². The lowest BCUT2D eigenvalue weighted by Gasteiger charge is -2.23. The van der Waals surface area contributed by atoms with Crippen molar-refractivity contribution in [2.75, 3.05) is 0 Å². The van der Waals surface area contributed by atoms with Gasteiger partial charge in [-0.2, -0.15) is 0 Å². The molecule has 2 aromatic rings. The van der Waals surface area contributed by atoms with Crippen LogP contribution >= 0.6 is 0 Å². The summed E-state index contributed by atoms with van der Waals surface area (Å²) in [6.07, 6.45) is 1.04. The number of benzene rings is 2. The molecule has 2 rings (SSSR count). The van der Waals surface area contributed by atoms with E-state index in [0.717, 1.165) is 6.42 Å². The third kappa shape index (κ3) is 3.42. The van der Waals surface area contributed by atoms with Gasteiger partial charge in [0.15, 0.2) is 11.6 Å². The Morgan fingerprint density at radius 3 is 2.33 bits per heavy atom. The summed E-state index contributed by atoms with van der Waals surface area (Å²) in [6.45, 7) is 6.26. The summed E-state index contributed by atoms with van der Waals surface area (Å²) in [5, 5.41) is 9.26. The molecule has 0 bridgehead atoms. The minimum absolute atomic E-state index is 0.0856. The fraction of sp³-hybridized carbons (Fsp3) is 0.333. The molecular weight excluding hydrogens is 267 g/mol. The molecule has 0 saturated carbocycles. The molecule has 3 heteroatoms. The molecule has 112 valence electrons. The average molecular weight is 288 g/mol. The van der Waals surface area contributed by atoms with Crippen LogP contribution in [0.1, 0.15) is 38.3 Å². The normalized spacial score (nSPS) is 11.5. The maximum absolute atomic E-state index is 13.8. The lowest BCUT2D eigenvalue weighted by molar-refractivity contribution is 0.274. The Morgan fingerprint density at radius 1 is 1.10 bits per heavy atom. The van der Waals surface area contributed by atoms with Gasteiger partial charge in [0.1, 0.15) is 5.75 Å². The number of halogens is 1. The molecule has 0 aliphatic rings. The van der Waals surface area contributed by atoms with Gasteiger partial charge in [0.25, 0.3) is 0 Å². The van der Waals surface area contributed by atoms with Crippen molar-refractivity contribution in [3.63, 3.8) is 0 Å². The Hall–Kier alpha value is -1.87. The highest BCUT2D eigenvalue weighted by Crippen LogP contribution is 2.31. The Bertz CT molecular complexity index is 603. The smallest absolute Gasteiger partial charge is 0.168 e. The molecule has 0 aliphatic carbocycles. The monoisotopic (exact) mass is 288 g/mol.